The molecule has 1 amide bonds. The SMILES string of the molecule is CC1COC(CO)CN1C(=O)COc1cccc(Cl)c1. The fourth-order valence-electron chi connectivity index (χ4n) is 2.06. The van der Waals surface area contributed by atoms with Crippen LogP contribution < -0.4 is 4.74 Å². The molecule has 0 aliphatic carbocycles. The van der Waals surface area contributed by atoms with E-state index in [1.807, 2.05) is 6.92 Å². The van der Waals surface area contributed by atoms with Gasteiger partial charge in [-0.05, 0) is 25.1 Å². The van der Waals surface area contributed by atoms with Crippen LogP contribution in [0.15, 0.2) is 24.3 Å². The average molecular weight is 300 g/mol. The van der Waals surface area contributed by atoms with Gasteiger partial charge >= 0.3 is 0 Å². The van der Waals surface area contributed by atoms with Gasteiger partial charge in [0.1, 0.15) is 5.75 Å². The largest absolute Gasteiger partial charge is 0.484 e. The van der Waals surface area contributed by atoms with Gasteiger partial charge in [-0.15, -0.1) is 0 Å². The lowest BCUT2D eigenvalue weighted by molar-refractivity contribution is -0.148. The minimum Gasteiger partial charge on any atom is -0.484 e. The second kappa shape index (κ2) is 6.92. The van der Waals surface area contributed by atoms with Crippen LogP contribution in [0.25, 0.3) is 0 Å². The first-order valence-corrected chi connectivity index (χ1v) is 6.88. The molecule has 20 heavy (non-hydrogen) atoms. The number of carbonyl (C=O) groups is 1. The molecule has 1 aliphatic heterocycles. The van der Waals surface area contributed by atoms with Crippen molar-refractivity contribution in [2.75, 3.05) is 26.4 Å². The molecule has 0 bridgehead atoms. The molecule has 1 aliphatic rings. The molecule has 6 heteroatoms. The maximum atomic E-state index is 12.2. The van der Waals surface area contributed by atoms with E-state index in [0.717, 1.165) is 0 Å². The highest BCUT2D eigenvalue weighted by Gasteiger charge is 2.29. The quantitative estimate of drug-likeness (QED) is 0.911. The second-order valence-corrected chi connectivity index (χ2v) is 5.22. The van der Waals surface area contributed by atoms with Crippen LogP contribution in [0.4, 0.5) is 0 Å². The number of morpholine rings is 1. The van der Waals surface area contributed by atoms with Crippen LogP contribution in [0.5, 0.6) is 5.75 Å². The van der Waals surface area contributed by atoms with E-state index >= 15 is 0 Å². The number of aliphatic hydroxyl groups excluding tert-OH is 1. The van der Waals surface area contributed by atoms with Gasteiger partial charge in [0.25, 0.3) is 5.91 Å². The fraction of sp³-hybridized carbons (Fsp3) is 0.500. The van der Waals surface area contributed by atoms with Gasteiger partial charge in [-0.3, -0.25) is 4.79 Å². The summed E-state index contributed by atoms with van der Waals surface area (Å²) in [6, 6.07) is 6.90. The molecule has 110 valence electrons. The van der Waals surface area contributed by atoms with Gasteiger partial charge in [0.2, 0.25) is 0 Å². The summed E-state index contributed by atoms with van der Waals surface area (Å²) in [6.07, 6.45) is -0.318. The molecule has 1 aromatic carbocycles. The summed E-state index contributed by atoms with van der Waals surface area (Å²) in [5.41, 5.74) is 0. The van der Waals surface area contributed by atoms with Crippen molar-refractivity contribution in [3.8, 4) is 5.75 Å². The van der Waals surface area contributed by atoms with Crippen molar-refractivity contribution >= 4 is 17.5 Å². The van der Waals surface area contributed by atoms with E-state index in [1.165, 1.54) is 0 Å². The van der Waals surface area contributed by atoms with Crippen LogP contribution in [0.2, 0.25) is 5.02 Å². The van der Waals surface area contributed by atoms with Gasteiger partial charge in [0.15, 0.2) is 6.61 Å². The maximum Gasteiger partial charge on any atom is 0.260 e. The highest BCUT2D eigenvalue weighted by molar-refractivity contribution is 6.30. The Morgan fingerprint density at radius 1 is 1.60 bits per heavy atom. The average Bonchev–Trinajstić information content (AvgIpc) is 2.45. The smallest absolute Gasteiger partial charge is 0.260 e. The molecule has 2 rings (SSSR count). The Labute approximate surface area is 123 Å². The number of rotatable bonds is 4. The van der Waals surface area contributed by atoms with Crippen molar-refractivity contribution in [3.05, 3.63) is 29.3 Å². The number of hydrogen-bond acceptors (Lipinski definition) is 4. The lowest BCUT2D eigenvalue weighted by atomic mass is 10.2. The number of ether oxygens (including phenoxy) is 2. The minimum absolute atomic E-state index is 0.0201. The summed E-state index contributed by atoms with van der Waals surface area (Å²) in [5, 5.41) is 9.67. The molecule has 0 saturated carbocycles. The van der Waals surface area contributed by atoms with Crippen molar-refractivity contribution in [3.63, 3.8) is 0 Å². The van der Waals surface area contributed by atoms with Crippen molar-refractivity contribution in [2.45, 2.75) is 19.1 Å². The monoisotopic (exact) mass is 299 g/mol. The van der Waals surface area contributed by atoms with E-state index in [-0.39, 0.29) is 31.3 Å². The Balaban J connectivity index is 1.90. The first-order valence-electron chi connectivity index (χ1n) is 6.50. The molecule has 0 radical (unpaired) electrons. The Kier molecular flexibility index (Phi) is 5.23. The van der Waals surface area contributed by atoms with Gasteiger partial charge in [-0.25, -0.2) is 0 Å². The summed E-state index contributed by atoms with van der Waals surface area (Å²) in [4.78, 5) is 13.8. The van der Waals surface area contributed by atoms with Crippen LogP contribution in [0, 0.1) is 0 Å². The zero-order valence-electron chi connectivity index (χ0n) is 11.3. The molecule has 1 N–H and O–H groups in total. The first kappa shape index (κ1) is 15.1. The third-order valence-corrected chi connectivity index (χ3v) is 3.42. The molecule has 1 heterocycles. The summed E-state index contributed by atoms with van der Waals surface area (Å²) in [7, 11) is 0. The molecule has 1 saturated heterocycles. The van der Waals surface area contributed by atoms with Crippen LogP contribution in [-0.4, -0.2) is 54.4 Å². The lowest BCUT2D eigenvalue weighted by Crippen LogP contribution is -2.53. The van der Waals surface area contributed by atoms with E-state index in [2.05, 4.69) is 0 Å². The first-order chi connectivity index (χ1) is 9.60. The highest BCUT2D eigenvalue weighted by Crippen LogP contribution is 2.18. The second-order valence-electron chi connectivity index (χ2n) is 4.78. The number of carbonyl (C=O) groups excluding carboxylic acids is 1. The van der Waals surface area contributed by atoms with Gasteiger partial charge in [-0.1, -0.05) is 17.7 Å². The molecule has 0 aromatic heterocycles. The fourth-order valence-corrected chi connectivity index (χ4v) is 2.24. The standard InChI is InChI=1S/C14H18ClNO4/c1-10-8-19-13(7-17)6-16(10)14(18)9-20-12-4-2-3-11(15)5-12/h2-5,10,13,17H,6-9H2,1H3. The zero-order valence-corrected chi connectivity index (χ0v) is 12.0. The maximum absolute atomic E-state index is 12.2. The van der Waals surface area contributed by atoms with Crippen LogP contribution in [-0.2, 0) is 9.53 Å². The highest BCUT2D eigenvalue weighted by atomic mass is 35.5. The summed E-state index contributed by atoms with van der Waals surface area (Å²) < 4.78 is 10.8. The molecule has 5 nitrogen and oxygen atoms in total. The predicted octanol–water partition coefficient (Wildman–Crippen LogP) is 1.33. The van der Waals surface area contributed by atoms with Crippen molar-refractivity contribution in [1.82, 2.24) is 4.90 Å². The molecule has 1 aromatic rings. The number of nitrogens with zero attached hydrogens (tertiary/aromatic N) is 1. The van der Waals surface area contributed by atoms with Gasteiger partial charge in [-0.2, -0.15) is 0 Å². The van der Waals surface area contributed by atoms with Crippen LogP contribution >= 0.6 is 11.6 Å². The Morgan fingerprint density at radius 3 is 3.10 bits per heavy atom. The van der Waals surface area contributed by atoms with Gasteiger partial charge < -0.3 is 19.5 Å². The summed E-state index contributed by atoms with van der Waals surface area (Å²) in [6.45, 7) is 2.57. The molecule has 2 unspecified atom stereocenters. The molecule has 1 fully saturated rings. The van der Waals surface area contributed by atoms with E-state index in [9.17, 15) is 4.79 Å². The molecule has 2 atom stereocenters. The van der Waals surface area contributed by atoms with Gasteiger partial charge in [0.05, 0.1) is 25.4 Å². The Bertz CT molecular complexity index is 468. The van der Waals surface area contributed by atoms with Crippen LogP contribution in [0.3, 0.4) is 0 Å². The molecular weight excluding hydrogens is 282 g/mol. The predicted molar refractivity (Wildman–Crippen MR) is 74.9 cm³/mol. The normalized spacial score (nSPS) is 22.6. The molecule has 0 spiro atoms. The van der Waals surface area contributed by atoms with E-state index in [1.54, 1.807) is 29.2 Å². The number of halogens is 1. The van der Waals surface area contributed by atoms with E-state index in [4.69, 9.17) is 26.2 Å². The van der Waals surface area contributed by atoms with Crippen molar-refractivity contribution in [2.24, 2.45) is 0 Å². The topological polar surface area (TPSA) is 59.0 Å². The Hall–Kier alpha value is -1.30. The number of hydrogen-bond donors (Lipinski definition) is 1. The lowest BCUT2D eigenvalue weighted by Gasteiger charge is -2.37. The van der Waals surface area contributed by atoms with E-state index in [0.29, 0.717) is 23.9 Å². The zero-order chi connectivity index (χ0) is 14.5. The van der Waals surface area contributed by atoms with Crippen molar-refractivity contribution in [1.29, 1.82) is 0 Å². The molecular formula is C14H18ClNO4. The number of aliphatic hydroxyl groups is 1. The third kappa shape index (κ3) is 3.85. The van der Waals surface area contributed by atoms with E-state index < -0.39 is 0 Å². The minimum atomic E-state index is -0.318. The number of amides is 1. The van der Waals surface area contributed by atoms with Crippen LogP contribution in [0.1, 0.15) is 6.92 Å². The third-order valence-electron chi connectivity index (χ3n) is 3.19. The summed E-state index contributed by atoms with van der Waals surface area (Å²) in [5.74, 6) is 0.435. The van der Waals surface area contributed by atoms with Crippen molar-refractivity contribution < 1.29 is 19.4 Å². The number of benzene rings is 1. The summed E-state index contributed by atoms with van der Waals surface area (Å²) >= 11 is 5.85. The Morgan fingerprint density at radius 2 is 2.40 bits per heavy atom. The van der Waals surface area contributed by atoms with Gasteiger partial charge in [0, 0.05) is 11.6 Å².